The lowest BCUT2D eigenvalue weighted by atomic mass is 10.0. The summed E-state index contributed by atoms with van der Waals surface area (Å²) in [6, 6.07) is 0.355. The van der Waals surface area contributed by atoms with E-state index in [1.165, 1.54) is 6.42 Å². The zero-order chi connectivity index (χ0) is 11.3. The molecule has 1 heterocycles. The van der Waals surface area contributed by atoms with Crippen LogP contribution >= 0.6 is 11.3 Å². The third kappa shape index (κ3) is 4.73. The minimum Gasteiger partial charge on any atom is -0.271 e. The van der Waals surface area contributed by atoms with Crippen LogP contribution in [0.4, 0.5) is 0 Å². The Morgan fingerprint density at radius 2 is 2.20 bits per heavy atom. The zero-order valence-corrected chi connectivity index (χ0v) is 10.6. The fourth-order valence-electron chi connectivity index (χ4n) is 1.53. The summed E-state index contributed by atoms with van der Waals surface area (Å²) < 4.78 is 0. The maximum Gasteiger partial charge on any atom is 0.0897 e. The van der Waals surface area contributed by atoms with E-state index >= 15 is 0 Å². The molecule has 3 N–H and O–H groups in total. The summed E-state index contributed by atoms with van der Waals surface area (Å²) in [6.45, 7) is 6.51. The van der Waals surface area contributed by atoms with Crippen LogP contribution in [0, 0.1) is 12.8 Å². The summed E-state index contributed by atoms with van der Waals surface area (Å²) in [4.78, 5) is 4.45. The summed E-state index contributed by atoms with van der Waals surface area (Å²) in [7, 11) is 0. The molecule has 1 unspecified atom stereocenters. The standard InChI is InChI=1S/C11H21N3S/c1-8(2)4-5-10(14-12)6-11-7-15-9(3)13-11/h7-8,10,14H,4-6,12H2,1-3H3. The number of hydrogen-bond acceptors (Lipinski definition) is 4. The molecule has 0 saturated heterocycles. The van der Waals surface area contributed by atoms with Crippen LogP contribution in [0.1, 0.15) is 37.4 Å². The van der Waals surface area contributed by atoms with Crippen molar-refractivity contribution in [1.29, 1.82) is 0 Å². The number of hydrogen-bond donors (Lipinski definition) is 2. The Hall–Kier alpha value is -0.450. The molecule has 15 heavy (non-hydrogen) atoms. The highest BCUT2D eigenvalue weighted by molar-refractivity contribution is 7.09. The van der Waals surface area contributed by atoms with Gasteiger partial charge in [-0.25, -0.2) is 4.98 Å². The average Bonchev–Trinajstić information content (AvgIpc) is 2.58. The quantitative estimate of drug-likeness (QED) is 0.579. The normalized spacial score (nSPS) is 13.4. The maximum atomic E-state index is 5.54. The van der Waals surface area contributed by atoms with E-state index in [0.717, 1.165) is 29.5 Å². The Morgan fingerprint density at radius 1 is 1.47 bits per heavy atom. The highest BCUT2D eigenvalue weighted by Crippen LogP contribution is 2.13. The molecule has 0 aliphatic rings. The molecule has 0 aliphatic carbocycles. The van der Waals surface area contributed by atoms with Crippen molar-refractivity contribution in [3.8, 4) is 0 Å². The Labute approximate surface area is 96.1 Å². The van der Waals surface area contributed by atoms with Gasteiger partial charge in [0.2, 0.25) is 0 Å². The maximum absolute atomic E-state index is 5.54. The third-order valence-corrected chi connectivity index (χ3v) is 3.27. The largest absolute Gasteiger partial charge is 0.271 e. The summed E-state index contributed by atoms with van der Waals surface area (Å²) >= 11 is 1.70. The van der Waals surface area contributed by atoms with E-state index in [2.05, 4.69) is 29.6 Å². The van der Waals surface area contributed by atoms with E-state index in [1.54, 1.807) is 11.3 Å². The summed E-state index contributed by atoms with van der Waals surface area (Å²) in [6.07, 6.45) is 3.26. The highest BCUT2D eigenvalue weighted by atomic mass is 32.1. The summed E-state index contributed by atoms with van der Waals surface area (Å²) in [5, 5.41) is 3.25. The van der Waals surface area contributed by atoms with E-state index in [4.69, 9.17) is 5.84 Å². The molecule has 3 nitrogen and oxygen atoms in total. The Morgan fingerprint density at radius 3 is 2.67 bits per heavy atom. The molecular formula is C11H21N3S. The lowest BCUT2D eigenvalue weighted by Gasteiger charge is -2.15. The fourth-order valence-corrected chi connectivity index (χ4v) is 2.16. The van der Waals surface area contributed by atoms with Crippen molar-refractivity contribution < 1.29 is 0 Å². The van der Waals surface area contributed by atoms with E-state index in [1.807, 2.05) is 6.92 Å². The first-order valence-corrected chi connectivity index (χ1v) is 6.37. The van der Waals surface area contributed by atoms with Crippen molar-refractivity contribution in [2.45, 2.75) is 46.1 Å². The van der Waals surface area contributed by atoms with Crippen LogP contribution in [0.25, 0.3) is 0 Å². The number of nitrogens with zero attached hydrogens (tertiary/aromatic N) is 1. The van der Waals surface area contributed by atoms with Gasteiger partial charge in [-0.05, 0) is 25.7 Å². The molecule has 0 spiro atoms. The second kappa shape index (κ2) is 6.20. The molecule has 1 atom stereocenters. The summed E-state index contributed by atoms with van der Waals surface area (Å²) in [5.41, 5.74) is 4.04. The molecule has 0 radical (unpaired) electrons. The molecule has 1 aromatic heterocycles. The molecule has 0 bridgehead atoms. The number of thiazole rings is 1. The number of nitrogens with two attached hydrogens (primary N) is 1. The molecule has 0 amide bonds. The molecular weight excluding hydrogens is 206 g/mol. The molecule has 4 heteroatoms. The van der Waals surface area contributed by atoms with Crippen molar-refractivity contribution >= 4 is 11.3 Å². The Bertz CT molecular complexity index is 283. The van der Waals surface area contributed by atoms with Crippen LogP contribution in [-0.2, 0) is 6.42 Å². The van der Waals surface area contributed by atoms with E-state index in [0.29, 0.717) is 6.04 Å². The summed E-state index contributed by atoms with van der Waals surface area (Å²) in [5.74, 6) is 6.27. The predicted molar refractivity (Wildman–Crippen MR) is 65.7 cm³/mol. The van der Waals surface area contributed by atoms with Gasteiger partial charge < -0.3 is 0 Å². The minimum absolute atomic E-state index is 0.355. The average molecular weight is 227 g/mol. The van der Waals surface area contributed by atoms with Gasteiger partial charge in [-0.3, -0.25) is 11.3 Å². The van der Waals surface area contributed by atoms with Gasteiger partial charge in [0.25, 0.3) is 0 Å². The van der Waals surface area contributed by atoms with Crippen LogP contribution in [0.15, 0.2) is 5.38 Å². The molecule has 86 valence electrons. The minimum atomic E-state index is 0.355. The first-order chi connectivity index (χ1) is 7.11. The van der Waals surface area contributed by atoms with E-state index in [9.17, 15) is 0 Å². The van der Waals surface area contributed by atoms with Crippen LogP contribution in [-0.4, -0.2) is 11.0 Å². The smallest absolute Gasteiger partial charge is 0.0897 e. The lowest BCUT2D eigenvalue weighted by molar-refractivity contribution is 0.432. The van der Waals surface area contributed by atoms with Gasteiger partial charge in [0.05, 0.1) is 10.7 Å². The van der Waals surface area contributed by atoms with Crippen molar-refractivity contribution in [2.24, 2.45) is 11.8 Å². The second-order valence-corrected chi connectivity index (χ2v) is 5.46. The van der Waals surface area contributed by atoms with Crippen LogP contribution in [0.2, 0.25) is 0 Å². The van der Waals surface area contributed by atoms with Crippen molar-refractivity contribution in [3.63, 3.8) is 0 Å². The second-order valence-electron chi connectivity index (χ2n) is 4.40. The number of hydrazine groups is 1. The molecule has 0 fully saturated rings. The first-order valence-electron chi connectivity index (χ1n) is 5.49. The van der Waals surface area contributed by atoms with Gasteiger partial charge in [-0.15, -0.1) is 11.3 Å². The highest BCUT2D eigenvalue weighted by Gasteiger charge is 2.10. The molecule has 0 aromatic carbocycles. The lowest BCUT2D eigenvalue weighted by Crippen LogP contribution is -2.37. The third-order valence-electron chi connectivity index (χ3n) is 2.45. The van der Waals surface area contributed by atoms with Crippen LogP contribution in [0.5, 0.6) is 0 Å². The Balaban J connectivity index is 2.39. The SMILES string of the molecule is Cc1nc(CC(CCC(C)C)NN)cs1. The van der Waals surface area contributed by atoms with Crippen molar-refractivity contribution in [1.82, 2.24) is 10.4 Å². The van der Waals surface area contributed by atoms with Crippen LogP contribution in [0.3, 0.4) is 0 Å². The van der Waals surface area contributed by atoms with Gasteiger partial charge in [0.15, 0.2) is 0 Å². The van der Waals surface area contributed by atoms with E-state index < -0.39 is 0 Å². The number of aryl methyl sites for hydroxylation is 1. The predicted octanol–water partition coefficient (Wildman–Crippen LogP) is 2.26. The van der Waals surface area contributed by atoms with Gasteiger partial charge in [0.1, 0.15) is 0 Å². The Kier molecular flexibility index (Phi) is 5.22. The van der Waals surface area contributed by atoms with Gasteiger partial charge >= 0.3 is 0 Å². The molecule has 0 saturated carbocycles. The molecule has 1 aromatic rings. The van der Waals surface area contributed by atoms with Crippen LogP contribution < -0.4 is 11.3 Å². The monoisotopic (exact) mass is 227 g/mol. The zero-order valence-electron chi connectivity index (χ0n) is 9.79. The topological polar surface area (TPSA) is 50.9 Å². The first kappa shape index (κ1) is 12.6. The van der Waals surface area contributed by atoms with E-state index in [-0.39, 0.29) is 0 Å². The fraction of sp³-hybridized carbons (Fsp3) is 0.727. The van der Waals surface area contributed by atoms with Gasteiger partial charge in [-0.1, -0.05) is 13.8 Å². The van der Waals surface area contributed by atoms with Gasteiger partial charge in [-0.2, -0.15) is 0 Å². The number of rotatable bonds is 6. The molecule has 0 aliphatic heterocycles. The number of aromatic nitrogens is 1. The van der Waals surface area contributed by atoms with Crippen molar-refractivity contribution in [2.75, 3.05) is 0 Å². The number of nitrogens with one attached hydrogen (secondary N) is 1. The van der Waals surface area contributed by atoms with Gasteiger partial charge in [0, 0.05) is 17.8 Å². The van der Waals surface area contributed by atoms with Crippen molar-refractivity contribution in [3.05, 3.63) is 16.1 Å². The molecule has 1 rings (SSSR count).